The van der Waals surface area contributed by atoms with Crippen LogP contribution in [0.1, 0.15) is 31.5 Å². The van der Waals surface area contributed by atoms with E-state index in [1.165, 1.54) is 12.8 Å². The van der Waals surface area contributed by atoms with Crippen molar-refractivity contribution in [3.8, 4) is 11.5 Å². The van der Waals surface area contributed by atoms with E-state index in [1.807, 2.05) is 37.4 Å². The van der Waals surface area contributed by atoms with E-state index in [4.69, 9.17) is 4.52 Å². The molecule has 1 amide bonds. The number of likely N-dealkylation sites (N-methyl/N-ethyl adjacent to an activating group) is 1. The smallest absolute Gasteiger partial charge is 0.257 e. The lowest BCUT2D eigenvalue weighted by molar-refractivity contribution is -0.126. The number of carbonyl (C=O) groups is 1. The molecule has 2 aromatic rings. The van der Waals surface area contributed by atoms with Gasteiger partial charge in [0.1, 0.15) is 0 Å². The normalized spacial score (nSPS) is 19.0. The van der Waals surface area contributed by atoms with Crippen molar-refractivity contribution in [2.75, 3.05) is 20.1 Å². The zero-order valence-electron chi connectivity index (χ0n) is 14.1. The Balaban J connectivity index is 1.49. The molecule has 1 fully saturated rings. The summed E-state index contributed by atoms with van der Waals surface area (Å²) in [4.78, 5) is 18.9. The summed E-state index contributed by atoms with van der Waals surface area (Å²) in [6, 6.07) is 9.66. The molecule has 0 unspecified atom stereocenters. The topological polar surface area (TPSA) is 71.3 Å². The molecule has 6 heteroatoms. The van der Waals surface area contributed by atoms with Gasteiger partial charge in [-0.2, -0.15) is 4.98 Å². The largest absolute Gasteiger partial charge is 0.354 e. The van der Waals surface area contributed by atoms with Gasteiger partial charge in [0, 0.05) is 18.5 Å². The van der Waals surface area contributed by atoms with E-state index in [1.54, 1.807) is 0 Å². The van der Waals surface area contributed by atoms with Crippen LogP contribution in [0.2, 0.25) is 0 Å². The average molecular weight is 328 g/mol. The number of nitrogens with zero attached hydrogens (tertiary/aromatic N) is 3. The number of hydrogen-bond donors (Lipinski definition) is 1. The van der Waals surface area contributed by atoms with E-state index < -0.39 is 0 Å². The van der Waals surface area contributed by atoms with E-state index in [9.17, 15) is 4.79 Å². The van der Waals surface area contributed by atoms with Gasteiger partial charge in [-0.25, -0.2) is 0 Å². The first-order valence-corrected chi connectivity index (χ1v) is 8.60. The Labute approximate surface area is 142 Å². The third kappa shape index (κ3) is 4.20. The average Bonchev–Trinajstić information content (AvgIpc) is 2.97. The van der Waals surface area contributed by atoms with Gasteiger partial charge in [-0.1, -0.05) is 36.2 Å². The van der Waals surface area contributed by atoms with Crippen molar-refractivity contribution in [2.45, 2.75) is 38.1 Å². The summed E-state index contributed by atoms with van der Waals surface area (Å²) < 4.78 is 5.28. The van der Waals surface area contributed by atoms with Gasteiger partial charge in [0.2, 0.25) is 5.91 Å². The predicted molar refractivity (Wildman–Crippen MR) is 91.3 cm³/mol. The van der Waals surface area contributed by atoms with Crippen molar-refractivity contribution < 1.29 is 9.32 Å². The van der Waals surface area contributed by atoms with Crippen LogP contribution >= 0.6 is 0 Å². The molecule has 0 aliphatic carbocycles. The Morgan fingerprint density at radius 3 is 2.96 bits per heavy atom. The first kappa shape index (κ1) is 16.6. The summed E-state index contributed by atoms with van der Waals surface area (Å²) >= 11 is 0. The van der Waals surface area contributed by atoms with Crippen molar-refractivity contribution in [1.82, 2.24) is 20.4 Å². The summed E-state index contributed by atoms with van der Waals surface area (Å²) in [5.74, 6) is 1.23. The molecular weight excluding hydrogens is 304 g/mol. The molecule has 6 nitrogen and oxygen atoms in total. The number of rotatable bonds is 5. The molecule has 1 saturated heterocycles. The van der Waals surface area contributed by atoms with Gasteiger partial charge < -0.3 is 9.84 Å². The number of nitrogens with one attached hydrogen (secondary N) is 1. The molecule has 1 N–H and O–H groups in total. The number of carbonyl (C=O) groups excluding carboxylic acids is 1. The minimum absolute atomic E-state index is 0.0161. The lowest BCUT2D eigenvalue weighted by atomic mass is 10.1. The SMILES string of the molecule is CN1CCCCC[C@@H]1C(=O)NCCc1noc(-c2ccccc2)n1. The molecule has 0 saturated carbocycles. The minimum Gasteiger partial charge on any atom is -0.354 e. The molecule has 3 rings (SSSR count). The molecule has 0 bridgehead atoms. The molecule has 24 heavy (non-hydrogen) atoms. The fraction of sp³-hybridized carbons (Fsp3) is 0.500. The van der Waals surface area contributed by atoms with Crippen molar-refractivity contribution in [3.63, 3.8) is 0 Å². The summed E-state index contributed by atoms with van der Waals surface area (Å²) in [6.07, 6.45) is 5.00. The van der Waals surface area contributed by atoms with Crippen molar-refractivity contribution in [1.29, 1.82) is 0 Å². The quantitative estimate of drug-likeness (QED) is 0.911. The van der Waals surface area contributed by atoms with Gasteiger partial charge in [-0.05, 0) is 38.6 Å². The van der Waals surface area contributed by atoms with Crippen molar-refractivity contribution in [2.24, 2.45) is 0 Å². The number of amides is 1. The number of likely N-dealkylation sites (tertiary alicyclic amines) is 1. The third-order valence-electron chi connectivity index (χ3n) is 4.46. The highest BCUT2D eigenvalue weighted by Gasteiger charge is 2.24. The molecule has 1 atom stereocenters. The van der Waals surface area contributed by atoms with E-state index >= 15 is 0 Å². The molecule has 128 valence electrons. The van der Waals surface area contributed by atoms with Gasteiger partial charge in [-0.15, -0.1) is 0 Å². The van der Waals surface area contributed by atoms with E-state index in [0.29, 0.717) is 24.7 Å². The number of benzene rings is 1. The Hall–Kier alpha value is -2.21. The molecule has 1 aliphatic rings. The highest BCUT2D eigenvalue weighted by Crippen LogP contribution is 2.16. The van der Waals surface area contributed by atoms with Crippen LogP contribution < -0.4 is 5.32 Å². The highest BCUT2D eigenvalue weighted by atomic mass is 16.5. The van der Waals surface area contributed by atoms with Crippen LogP contribution in [0.25, 0.3) is 11.5 Å². The first-order chi connectivity index (χ1) is 11.7. The van der Waals surface area contributed by atoms with Gasteiger partial charge >= 0.3 is 0 Å². The summed E-state index contributed by atoms with van der Waals surface area (Å²) in [5.41, 5.74) is 0.903. The zero-order chi connectivity index (χ0) is 16.8. The molecule has 1 aliphatic heterocycles. The van der Waals surface area contributed by atoms with Crippen LogP contribution in [0.3, 0.4) is 0 Å². The zero-order valence-corrected chi connectivity index (χ0v) is 14.1. The van der Waals surface area contributed by atoms with Crippen LogP contribution in [0.4, 0.5) is 0 Å². The van der Waals surface area contributed by atoms with Crippen LogP contribution in [0, 0.1) is 0 Å². The number of hydrogen-bond acceptors (Lipinski definition) is 5. The number of aromatic nitrogens is 2. The Morgan fingerprint density at radius 1 is 1.29 bits per heavy atom. The molecule has 0 radical (unpaired) electrons. The molecule has 1 aromatic carbocycles. The first-order valence-electron chi connectivity index (χ1n) is 8.60. The fourth-order valence-electron chi connectivity index (χ4n) is 3.05. The molecule has 2 heterocycles. The molecule has 1 aromatic heterocycles. The predicted octanol–water partition coefficient (Wildman–Crippen LogP) is 2.27. The van der Waals surface area contributed by atoms with Crippen molar-refractivity contribution in [3.05, 3.63) is 36.2 Å². The maximum Gasteiger partial charge on any atom is 0.257 e. The maximum atomic E-state index is 12.4. The van der Waals surface area contributed by atoms with Crippen LogP contribution in [-0.2, 0) is 11.2 Å². The second-order valence-electron chi connectivity index (χ2n) is 6.27. The summed E-state index contributed by atoms with van der Waals surface area (Å²) in [6.45, 7) is 1.51. The molecular formula is C18H24N4O2. The van der Waals surface area contributed by atoms with E-state index in [-0.39, 0.29) is 11.9 Å². The lowest BCUT2D eigenvalue weighted by Gasteiger charge is -2.24. The lowest BCUT2D eigenvalue weighted by Crippen LogP contribution is -2.45. The summed E-state index contributed by atoms with van der Waals surface area (Å²) in [5, 5.41) is 6.99. The van der Waals surface area contributed by atoms with E-state index in [0.717, 1.165) is 24.9 Å². The van der Waals surface area contributed by atoms with Crippen LogP contribution in [-0.4, -0.2) is 47.1 Å². The minimum atomic E-state index is -0.0161. The Morgan fingerprint density at radius 2 is 2.12 bits per heavy atom. The fourth-order valence-corrected chi connectivity index (χ4v) is 3.05. The summed E-state index contributed by atoms with van der Waals surface area (Å²) in [7, 11) is 2.03. The molecule has 0 spiro atoms. The second-order valence-corrected chi connectivity index (χ2v) is 6.27. The monoisotopic (exact) mass is 328 g/mol. The van der Waals surface area contributed by atoms with Gasteiger partial charge in [0.05, 0.1) is 6.04 Å². The van der Waals surface area contributed by atoms with Gasteiger partial charge in [0.15, 0.2) is 5.82 Å². The van der Waals surface area contributed by atoms with Crippen LogP contribution in [0.5, 0.6) is 0 Å². The Bertz CT molecular complexity index is 656. The van der Waals surface area contributed by atoms with Gasteiger partial charge in [-0.3, -0.25) is 9.69 Å². The van der Waals surface area contributed by atoms with Gasteiger partial charge in [0.25, 0.3) is 5.89 Å². The van der Waals surface area contributed by atoms with Crippen LogP contribution in [0.15, 0.2) is 34.9 Å². The Kier molecular flexibility index (Phi) is 5.59. The van der Waals surface area contributed by atoms with E-state index in [2.05, 4.69) is 20.4 Å². The maximum absolute atomic E-state index is 12.4. The second kappa shape index (κ2) is 8.06. The van der Waals surface area contributed by atoms with Crippen molar-refractivity contribution >= 4 is 5.91 Å². The third-order valence-corrected chi connectivity index (χ3v) is 4.46. The standard InChI is InChI=1S/C18H24N4O2/c1-22-13-7-3-6-10-15(22)17(23)19-12-11-16-20-18(24-21-16)14-8-4-2-5-9-14/h2,4-5,8-9,15H,3,6-7,10-13H2,1H3,(H,19,23)/t15-/m1/s1. The highest BCUT2D eigenvalue weighted by molar-refractivity contribution is 5.81.